The summed E-state index contributed by atoms with van der Waals surface area (Å²) in [7, 11) is 0. The Hall–Kier alpha value is -1.04. The molecule has 0 spiro atoms. The monoisotopic (exact) mass is 365 g/mol. The van der Waals surface area contributed by atoms with E-state index in [0.29, 0.717) is 11.5 Å². The van der Waals surface area contributed by atoms with Crippen LogP contribution in [0.5, 0.6) is 0 Å². The van der Waals surface area contributed by atoms with E-state index in [-0.39, 0.29) is 18.4 Å². The summed E-state index contributed by atoms with van der Waals surface area (Å²) in [5.41, 5.74) is -0.132. The van der Waals surface area contributed by atoms with Gasteiger partial charge in [-0.25, -0.2) is 0 Å². The van der Waals surface area contributed by atoms with Gasteiger partial charge in [0, 0.05) is 11.4 Å². The van der Waals surface area contributed by atoms with Crippen LogP contribution in [0, 0.1) is 5.92 Å². The highest BCUT2D eigenvalue weighted by Crippen LogP contribution is 2.29. The predicted octanol–water partition coefficient (Wildman–Crippen LogP) is 4.17. The second-order valence-electron chi connectivity index (χ2n) is 5.27. The Balaban J connectivity index is 2.62. The van der Waals surface area contributed by atoms with Crippen molar-refractivity contribution in [2.45, 2.75) is 38.9 Å². The highest BCUT2D eigenvalue weighted by atomic mass is 79.9. The van der Waals surface area contributed by atoms with Gasteiger partial charge in [-0.2, -0.15) is 13.2 Å². The van der Waals surface area contributed by atoms with Gasteiger partial charge < -0.3 is 5.32 Å². The molecule has 0 aliphatic carbocycles. The van der Waals surface area contributed by atoms with Gasteiger partial charge in [0.25, 0.3) is 0 Å². The third-order valence-electron chi connectivity index (χ3n) is 3.22. The summed E-state index contributed by atoms with van der Waals surface area (Å²) in [5.74, 6) is 0.133. The molecule has 1 unspecified atom stereocenters. The first-order valence-electron chi connectivity index (χ1n) is 6.75. The number of hydrogen-bond donors (Lipinski definition) is 1. The van der Waals surface area contributed by atoms with E-state index in [4.69, 9.17) is 0 Å². The Morgan fingerprint density at radius 1 is 1.24 bits per heavy atom. The van der Waals surface area contributed by atoms with E-state index in [1.807, 2.05) is 13.8 Å². The lowest BCUT2D eigenvalue weighted by atomic mass is 10.0. The molecule has 1 rings (SSSR count). The minimum Gasteiger partial charge on any atom is -0.353 e. The van der Waals surface area contributed by atoms with E-state index in [2.05, 4.69) is 21.2 Å². The third-order valence-corrected chi connectivity index (χ3v) is 3.68. The molecular formula is C15H19BrF3NO. The first-order valence-corrected chi connectivity index (χ1v) is 7.87. The Morgan fingerprint density at radius 3 is 2.24 bits per heavy atom. The van der Waals surface area contributed by atoms with Gasteiger partial charge in [-0.15, -0.1) is 0 Å². The van der Waals surface area contributed by atoms with Crippen LogP contribution >= 0.6 is 15.9 Å². The van der Waals surface area contributed by atoms with Crippen molar-refractivity contribution in [3.8, 4) is 0 Å². The highest BCUT2D eigenvalue weighted by molar-refractivity contribution is 9.09. The molecule has 1 amide bonds. The molecule has 0 saturated heterocycles. The molecule has 1 aromatic rings. The second-order valence-corrected chi connectivity index (χ2v) is 6.06. The van der Waals surface area contributed by atoms with E-state index in [0.717, 1.165) is 23.9 Å². The number of halogens is 4. The largest absolute Gasteiger partial charge is 0.416 e. The zero-order valence-electron chi connectivity index (χ0n) is 12.0. The molecule has 21 heavy (non-hydrogen) atoms. The number of carbonyl (C=O) groups is 1. The summed E-state index contributed by atoms with van der Waals surface area (Å²) in [6.07, 6.45) is -3.44. The molecule has 0 fully saturated rings. The Morgan fingerprint density at radius 2 is 1.81 bits per heavy atom. The van der Waals surface area contributed by atoms with Crippen molar-refractivity contribution >= 4 is 21.8 Å². The van der Waals surface area contributed by atoms with Gasteiger partial charge in [0.05, 0.1) is 12.0 Å². The molecule has 0 saturated carbocycles. The average Bonchev–Trinajstić information content (AvgIpc) is 2.37. The molecule has 0 heterocycles. The summed E-state index contributed by atoms with van der Waals surface area (Å²) in [5, 5.41) is 3.71. The standard InChI is InChI=1S/C15H19BrF3NO/c1-10(2)13(7-8-16)20-14(21)9-11-3-5-12(6-4-11)15(17,18)19/h3-6,10,13H,7-9H2,1-2H3,(H,20,21). The molecule has 1 atom stereocenters. The van der Waals surface area contributed by atoms with Gasteiger partial charge in [0.1, 0.15) is 0 Å². The molecule has 0 aliphatic heterocycles. The summed E-state index contributed by atoms with van der Waals surface area (Å²) in [6, 6.07) is 4.75. The SMILES string of the molecule is CC(C)C(CCBr)NC(=O)Cc1ccc(C(F)(F)F)cc1. The predicted molar refractivity (Wildman–Crippen MR) is 80.3 cm³/mol. The number of alkyl halides is 4. The van der Waals surface area contributed by atoms with Crippen molar-refractivity contribution in [3.63, 3.8) is 0 Å². The number of hydrogen-bond acceptors (Lipinski definition) is 1. The van der Waals surface area contributed by atoms with E-state index < -0.39 is 11.7 Å². The Labute approximate surface area is 131 Å². The number of amides is 1. The molecule has 0 radical (unpaired) electrons. The maximum atomic E-state index is 12.4. The van der Waals surface area contributed by atoms with Gasteiger partial charge in [-0.3, -0.25) is 4.79 Å². The zero-order chi connectivity index (χ0) is 16.0. The number of carbonyl (C=O) groups excluding carboxylic acids is 1. The fourth-order valence-corrected chi connectivity index (χ4v) is 2.44. The lowest BCUT2D eigenvalue weighted by molar-refractivity contribution is -0.137. The highest BCUT2D eigenvalue weighted by Gasteiger charge is 2.30. The van der Waals surface area contributed by atoms with Crippen molar-refractivity contribution in [2.24, 2.45) is 5.92 Å². The number of nitrogens with one attached hydrogen (secondary N) is 1. The molecule has 2 nitrogen and oxygen atoms in total. The quantitative estimate of drug-likeness (QED) is 0.753. The van der Waals surface area contributed by atoms with E-state index >= 15 is 0 Å². The second kappa shape index (κ2) is 7.82. The zero-order valence-corrected chi connectivity index (χ0v) is 13.6. The van der Waals surface area contributed by atoms with Crippen LogP contribution in [-0.4, -0.2) is 17.3 Å². The van der Waals surface area contributed by atoms with Crippen LogP contribution in [0.25, 0.3) is 0 Å². The smallest absolute Gasteiger partial charge is 0.353 e. The third kappa shape index (κ3) is 6.08. The number of benzene rings is 1. The van der Waals surface area contributed by atoms with Crippen LogP contribution in [0.15, 0.2) is 24.3 Å². The van der Waals surface area contributed by atoms with Gasteiger partial charge in [0.15, 0.2) is 0 Å². The van der Waals surface area contributed by atoms with Crippen LogP contribution in [0.1, 0.15) is 31.4 Å². The first kappa shape index (κ1) is 18.0. The lowest BCUT2D eigenvalue weighted by Crippen LogP contribution is -2.39. The summed E-state index contributed by atoms with van der Waals surface area (Å²) < 4.78 is 37.3. The van der Waals surface area contributed by atoms with Crippen LogP contribution < -0.4 is 5.32 Å². The fourth-order valence-electron chi connectivity index (χ4n) is 1.94. The topological polar surface area (TPSA) is 29.1 Å². The fraction of sp³-hybridized carbons (Fsp3) is 0.533. The van der Waals surface area contributed by atoms with Crippen molar-refractivity contribution in [1.29, 1.82) is 0 Å². The van der Waals surface area contributed by atoms with Gasteiger partial charge in [-0.05, 0) is 30.0 Å². The van der Waals surface area contributed by atoms with Gasteiger partial charge in [0.2, 0.25) is 5.91 Å². The molecule has 0 aliphatic rings. The number of rotatable bonds is 6. The summed E-state index contributed by atoms with van der Waals surface area (Å²) in [6.45, 7) is 4.04. The summed E-state index contributed by atoms with van der Waals surface area (Å²) in [4.78, 5) is 11.9. The van der Waals surface area contributed by atoms with E-state index in [1.165, 1.54) is 12.1 Å². The molecule has 118 valence electrons. The molecule has 1 N–H and O–H groups in total. The maximum absolute atomic E-state index is 12.4. The van der Waals surface area contributed by atoms with E-state index in [1.54, 1.807) is 0 Å². The Kier molecular flexibility index (Phi) is 6.71. The Bertz CT molecular complexity index is 457. The van der Waals surface area contributed by atoms with Crippen molar-refractivity contribution in [2.75, 3.05) is 5.33 Å². The van der Waals surface area contributed by atoms with Crippen LogP contribution in [0.4, 0.5) is 13.2 Å². The molecule has 0 aromatic heterocycles. The van der Waals surface area contributed by atoms with Gasteiger partial charge in [-0.1, -0.05) is 41.9 Å². The van der Waals surface area contributed by atoms with Crippen molar-refractivity contribution in [3.05, 3.63) is 35.4 Å². The van der Waals surface area contributed by atoms with Crippen molar-refractivity contribution in [1.82, 2.24) is 5.32 Å². The van der Waals surface area contributed by atoms with E-state index in [9.17, 15) is 18.0 Å². The minimum absolute atomic E-state index is 0.0614. The van der Waals surface area contributed by atoms with Crippen LogP contribution in [0.3, 0.4) is 0 Å². The normalized spacial score (nSPS) is 13.3. The molecule has 0 bridgehead atoms. The average molecular weight is 366 g/mol. The minimum atomic E-state index is -4.35. The summed E-state index contributed by atoms with van der Waals surface area (Å²) >= 11 is 3.34. The van der Waals surface area contributed by atoms with Crippen LogP contribution in [-0.2, 0) is 17.4 Å². The van der Waals surface area contributed by atoms with Gasteiger partial charge >= 0.3 is 6.18 Å². The molecule has 1 aromatic carbocycles. The van der Waals surface area contributed by atoms with Crippen LogP contribution in [0.2, 0.25) is 0 Å². The lowest BCUT2D eigenvalue weighted by Gasteiger charge is -2.21. The molecule has 6 heteroatoms. The maximum Gasteiger partial charge on any atom is 0.416 e. The van der Waals surface area contributed by atoms with Crippen molar-refractivity contribution < 1.29 is 18.0 Å². The molecular weight excluding hydrogens is 347 g/mol. The first-order chi connectivity index (χ1) is 9.74.